The van der Waals surface area contributed by atoms with Crippen molar-refractivity contribution in [2.75, 3.05) is 32.2 Å². The van der Waals surface area contributed by atoms with Crippen LogP contribution in [-0.4, -0.2) is 38.7 Å². The zero-order chi connectivity index (χ0) is 16.2. The molecule has 0 unspecified atom stereocenters. The van der Waals surface area contributed by atoms with E-state index in [4.69, 9.17) is 9.47 Å². The first-order chi connectivity index (χ1) is 10.7. The Morgan fingerprint density at radius 3 is 2.64 bits per heavy atom. The Bertz CT molecular complexity index is 477. The summed E-state index contributed by atoms with van der Waals surface area (Å²) < 4.78 is 10.4. The molecule has 0 radical (unpaired) electrons. The summed E-state index contributed by atoms with van der Waals surface area (Å²) in [5.74, 6) is -0.737. The highest BCUT2D eigenvalue weighted by Gasteiger charge is 2.13. The topological polar surface area (TPSA) is 76.7 Å². The predicted molar refractivity (Wildman–Crippen MR) is 85.0 cm³/mol. The lowest BCUT2D eigenvalue weighted by Gasteiger charge is -2.08. The number of hydrogen-bond donors (Lipinski definition) is 2. The first kappa shape index (κ1) is 18.0. The second-order valence-corrected chi connectivity index (χ2v) is 4.76. The number of benzene rings is 1. The SMILES string of the molecule is CCCCOCCCNC(=O)C(=O)Nc1cccc(OC)c1. The molecule has 1 aromatic carbocycles. The number of unbranched alkanes of at least 4 members (excludes halogenated alkanes) is 1. The van der Waals surface area contributed by atoms with Gasteiger partial charge in [0, 0.05) is 31.5 Å². The lowest BCUT2D eigenvalue weighted by atomic mass is 10.3. The molecule has 2 N–H and O–H groups in total. The number of anilines is 1. The standard InChI is InChI=1S/C16H24N2O4/c1-3-4-10-22-11-6-9-17-15(19)16(20)18-13-7-5-8-14(12-13)21-2/h5,7-8,12H,3-4,6,9-11H2,1-2H3,(H,17,19)(H,18,20). The van der Waals surface area contributed by atoms with Gasteiger partial charge in [-0.15, -0.1) is 0 Å². The average molecular weight is 308 g/mol. The van der Waals surface area contributed by atoms with E-state index >= 15 is 0 Å². The Kier molecular flexibility index (Phi) is 8.67. The third-order valence-electron chi connectivity index (χ3n) is 2.93. The van der Waals surface area contributed by atoms with Crippen LogP contribution in [0.15, 0.2) is 24.3 Å². The second-order valence-electron chi connectivity index (χ2n) is 4.76. The molecule has 122 valence electrons. The molecular weight excluding hydrogens is 284 g/mol. The largest absolute Gasteiger partial charge is 0.497 e. The van der Waals surface area contributed by atoms with Crippen molar-refractivity contribution in [2.24, 2.45) is 0 Å². The Balaban J connectivity index is 2.23. The highest BCUT2D eigenvalue weighted by molar-refractivity contribution is 6.39. The van der Waals surface area contributed by atoms with Crippen LogP contribution in [0, 0.1) is 0 Å². The molecule has 0 aliphatic rings. The lowest BCUT2D eigenvalue weighted by molar-refractivity contribution is -0.136. The fourth-order valence-corrected chi connectivity index (χ4v) is 1.69. The maximum absolute atomic E-state index is 11.7. The number of methoxy groups -OCH3 is 1. The summed E-state index contributed by atoms with van der Waals surface area (Å²) in [5, 5.41) is 5.08. The Hall–Kier alpha value is -2.08. The van der Waals surface area contributed by atoms with E-state index in [0.717, 1.165) is 19.4 Å². The first-order valence-electron chi connectivity index (χ1n) is 7.48. The molecule has 1 rings (SSSR count). The minimum absolute atomic E-state index is 0.413. The van der Waals surface area contributed by atoms with Gasteiger partial charge in [0.1, 0.15) is 5.75 Å². The fourth-order valence-electron chi connectivity index (χ4n) is 1.69. The molecule has 0 atom stereocenters. The van der Waals surface area contributed by atoms with Crippen LogP contribution in [0.25, 0.3) is 0 Å². The smallest absolute Gasteiger partial charge is 0.313 e. The third kappa shape index (κ3) is 7.08. The van der Waals surface area contributed by atoms with Crippen molar-refractivity contribution in [3.05, 3.63) is 24.3 Å². The van der Waals surface area contributed by atoms with Crippen molar-refractivity contribution in [2.45, 2.75) is 26.2 Å². The van der Waals surface area contributed by atoms with Crippen LogP contribution in [-0.2, 0) is 14.3 Å². The number of carbonyl (C=O) groups is 2. The van der Waals surface area contributed by atoms with Crippen molar-refractivity contribution < 1.29 is 19.1 Å². The summed E-state index contributed by atoms with van der Waals surface area (Å²) in [6, 6.07) is 6.83. The average Bonchev–Trinajstić information content (AvgIpc) is 2.54. The van der Waals surface area contributed by atoms with E-state index in [-0.39, 0.29) is 0 Å². The molecule has 0 saturated heterocycles. The Labute approximate surface area is 131 Å². The van der Waals surface area contributed by atoms with Crippen molar-refractivity contribution >= 4 is 17.5 Å². The van der Waals surface area contributed by atoms with Crippen LogP contribution in [0.3, 0.4) is 0 Å². The van der Waals surface area contributed by atoms with Crippen molar-refractivity contribution in [1.29, 1.82) is 0 Å². The lowest BCUT2D eigenvalue weighted by Crippen LogP contribution is -2.36. The molecular formula is C16H24N2O4. The van der Waals surface area contributed by atoms with Gasteiger partial charge in [-0.3, -0.25) is 9.59 Å². The van der Waals surface area contributed by atoms with Crippen molar-refractivity contribution in [3.8, 4) is 5.75 Å². The number of rotatable bonds is 9. The van der Waals surface area contributed by atoms with Crippen LogP contribution in [0.5, 0.6) is 5.75 Å². The molecule has 2 amide bonds. The van der Waals surface area contributed by atoms with Gasteiger partial charge in [-0.25, -0.2) is 0 Å². The van der Waals surface area contributed by atoms with Gasteiger partial charge in [0.15, 0.2) is 0 Å². The fraction of sp³-hybridized carbons (Fsp3) is 0.500. The predicted octanol–water partition coefficient (Wildman–Crippen LogP) is 1.96. The minimum atomic E-state index is -0.694. The Morgan fingerprint density at radius 2 is 1.91 bits per heavy atom. The molecule has 0 aliphatic heterocycles. The summed E-state index contributed by atoms with van der Waals surface area (Å²) in [6.07, 6.45) is 2.82. The zero-order valence-electron chi connectivity index (χ0n) is 13.2. The van der Waals surface area contributed by atoms with Crippen molar-refractivity contribution in [3.63, 3.8) is 0 Å². The highest BCUT2D eigenvalue weighted by atomic mass is 16.5. The van der Waals surface area contributed by atoms with Gasteiger partial charge in [-0.05, 0) is 25.0 Å². The van der Waals surface area contributed by atoms with E-state index in [9.17, 15) is 9.59 Å². The third-order valence-corrected chi connectivity index (χ3v) is 2.93. The summed E-state index contributed by atoms with van der Waals surface area (Å²) >= 11 is 0. The van der Waals surface area contributed by atoms with Gasteiger partial charge in [-0.1, -0.05) is 19.4 Å². The van der Waals surface area contributed by atoms with Gasteiger partial charge >= 0.3 is 11.8 Å². The summed E-state index contributed by atoms with van der Waals surface area (Å²) in [6.45, 7) is 3.83. The zero-order valence-corrected chi connectivity index (χ0v) is 13.2. The quantitative estimate of drug-likeness (QED) is 0.540. The first-order valence-corrected chi connectivity index (χ1v) is 7.48. The molecule has 1 aromatic rings. The van der Waals surface area contributed by atoms with E-state index in [1.54, 1.807) is 24.3 Å². The number of ether oxygens (including phenoxy) is 2. The minimum Gasteiger partial charge on any atom is -0.497 e. The van der Waals surface area contributed by atoms with E-state index in [2.05, 4.69) is 17.6 Å². The normalized spacial score (nSPS) is 10.1. The molecule has 0 spiro atoms. The molecule has 0 heterocycles. The van der Waals surface area contributed by atoms with Gasteiger partial charge < -0.3 is 20.1 Å². The van der Waals surface area contributed by atoms with Crippen LogP contribution >= 0.6 is 0 Å². The molecule has 0 bridgehead atoms. The maximum atomic E-state index is 11.7. The van der Waals surface area contributed by atoms with Gasteiger partial charge in [0.2, 0.25) is 0 Å². The van der Waals surface area contributed by atoms with E-state index in [0.29, 0.717) is 31.0 Å². The van der Waals surface area contributed by atoms with Crippen LogP contribution < -0.4 is 15.4 Å². The monoisotopic (exact) mass is 308 g/mol. The molecule has 0 fully saturated rings. The van der Waals surface area contributed by atoms with Crippen LogP contribution in [0.4, 0.5) is 5.69 Å². The molecule has 6 nitrogen and oxygen atoms in total. The van der Waals surface area contributed by atoms with E-state index < -0.39 is 11.8 Å². The highest BCUT2D eigenvalue weighted by Crippen LogP contribution is 2.16. The second kappa shape index (κ2) is 10.6. The van der Waals surface area contributed by atoms with Crippen molar-refractivity contribution in [1.82, 2.24) is 5.32 Å². The van der Waals surface area contributed by atoms with Gasteiger partial charge in [-0.2, -0.15) is 0 Å². The summed E-state index contributed by atoms with van der Waals surface area (Å²) in [4.78, 5) is 23.4. The summed E-state index contributed by atoms with van der Waals surface area (Å²) in [5.41, 5.74) is 0.516. The molecule has 0 saturated carbocycles. The van der Waals surface area contributed by atoms with E-state index in [1.807, 2.05) is 0 Å². The van der Waals surface area contributed by atoms with Crippen LogP contribution in [0.2, 0.25) is 0 Å². The Morgan fingerprint density at radius 1 is 1.14 bits per heavy atom. The molecule has 0 aliphatic carbocycles. The number of carbonyl (C=O) groups excluding carboxylic acids is 2. The molecule has 6 heteroatoms. The van der Waals surface area contributed by atoms with Crippen LogP contribution in [0.1, 0.15) is 26.2 Å². The number of amides is 2. The van der Waals surface area contributed by atoms with E-state index in [1.165, 1.54) is 7.11 Å². The summed E-state index contributed by atoms with van der Waals surface area (Å²) in [7, 11) is 1.54. The maximum Gasteiger partial charge on any atom is 0.313 e. The molecule has 0 aromatic heterocycles. The molecule has 22 heavy (non-hydrogen) atoms. The number of nitrogens with one attached hydrogen (secondary N) is 2. The van der Waals surface area contributed by atoms with Gasteiger partial charge in [0.25, 0.3) is 0 Å². The van der Waals surface area contributed by atoms with Gasteiger partial charge in [0.05, 0.1) is 7.11 Å². The number of hydrogen-bond acceptors (Lipinski definition) is 4.